The van der Waals surface area contributed by atoms with Crippen LogP contribution in [0.1, 0.15) is 32.3 Å². The van der Waals surface area contributed by atoms with E-state index in [1.165, 1.54) is 5.56 Å². The summed E-state index contributed by atoms with van der Waals surface area (Å²) in [6.45, 7) is 5.93. The van der Waals surface area contributed by atoms with Crippen LogP contribution in [0.15, 0.2) is 30.3 Å². The molecule has 1 aromatic carbocycles. The molecular formula is C15H23NO. The number of hydrogen-bond donors (Lipinski definition) is 1. The summed E-state index contributed by atoms with van der Waals surface area (Å²) in [4.78, 5) is 2.56. The number of rotatable bonds is 3. The van der Waals surface area contributed by atoms with Crippen molar-refractivity contribution in [1.82, 2.24) is 4.90 Å². The minimum Gasteiger partial charge on any atom is -0.396 e. The SMILES string of the molecule is C[C@@H]1CC(CO)C[C@H](C)N1Cc1ccccc1. The van der Waals surface area contributed by atoms with Crippen molar-refractivity contribution in [3.63, 3.8) is 0 Å². The van der Waals surface area contributed by atoms with Crippen molar-refractivity contribution in [2.75, 3.05) is 6.61 Å². The summed E-state index contributed by atoms with van der Waals surface area (Å²) in [5.74, 6) is 0.493. The van der Waals surface area contributed by atoms with E-state index in [0.717, 1.165) is 19.4 Å². The topological polar surface area (TPSA) is 23.5 Å². The monoisotopic (exact) mass is 233 g/mol. The zero-order valence-electron chi connectivity index (χ0n) is 10.8. The quantitative estimate of drug-likeness (QED) is 0.867. The van der Waals surface area contributed by atoms with Crippen LogP contribution in [-0.2, 0) is 6.54 Å². The van der Waals surface area contributed by atoms with E-state index in [9.17, 15) is 5.11 Å². The standard InChI is InChI=1S/C15H23NO/c1-12-8-15(11-17)9-13(2)16(12)10-14-6-4-3-5-7-14/h3-7,12-13,15,17H,8-11H2,1-2H3/t12-,13+,15?. The van der Waals surface area contributed by atoms with E-state index >= 15 is 0 Å². The molecule has 1 aliphatic heterocycles. The van der Waals surface area contributed by atoms with Gasteiger partial charge in [-0.3, -0.25) is 4.90 Å². The molecule has 1 unspecified atom stereocenters. The van der Waals surface area contributed by atoms with Gasteiger partial charge in [-0.05, 0) is 38.2 Å². The van der Waals surface area contributed by atoms with Crippen LogP contribution in [0.2, 0.25) is 0 Å². The van der Waals surface area contributed by atoms with Gasteiger partial charge in [0.25, 0.3) is 0 Å². The van der Waals surface area contributed by atoms with Crippen LogP contribution >= 0.6 is 0 Å². The van der Waals surface area contributed by atoms with Crippen LogP contribution in [-0.4, -0.2) is 28.7 Å². The number of nitrogens with zero attached hydrogens (tertiary/aromatic N) is 1. The fraction of sp³-hybridized carbons (Fsp3) is 0.600. The Bertz CT molecular complexity index is 326. The Hall–Kier alpha value is -0.860. The number of piperidine rings is 1. The van der Waals surface area contributed by atoms with E-state index in [1.54, 1.807) is 0 Å². The van der Waals surface area contributed by atoms with Crippen LogP contribution < -0.4 is 0 Å². The molecule has 0 aromatic heterocycles. The predicted molar refractivity (Wildman–Crippen MR) is 70.7 cm³/mol. The Morgan fingerprint density at radius 2 is 1.71 bits per heavy atom. The second kappa shape index (κ2) is 5.65. The molecule has 0 amide bonds. The Morgan fingerprint density at radius 3 is 2.24 bits per heavy atom. The van der Waals surface area contributed by atoms with Crippen molar-refractivity contribution in [2.24, 2.45) is 5.92 Å². The molecule has 0 aliphatic carbocycles. The maximum absolute atomic E-state index is 9.28. The van der Waals surface area contributed by atoms with Gasteiger partial charge >= 0.3 is 0 Å². The summed E-state index contributed by atoms with van der Waals surface area (Å²) in [6.07, 6.45) is 2.24. The van der Waals surface area contributed by atoms with Gasteiger partial charge in [0.15, 0.2) is 0 Å². The van der Waals surface area contributed by atoms with Gasteiger partial charge in [-0.15, -0.1) is 0 Å². The second-order valence-corrected chi connectivity index (χ2v) is 5.38. The molecule has 1 aromatic rings. The minimum absolute atomic E-state index is 0.341. The van der Waals surface area contributed by atoms with Gasteiger partial charge in [0, 0.05) is 25.2 Å². The average molecular weight is 233 g/mol. The Labute approximate surface area is 104 Å². The zero-order valence-corrected chi connectivity index (χ0v) is 10.8. The number of aliphatic hydroxyl groups is 1. The number of likely N-dealkylation sites (tertiary alicyclic amines) is 1. The van der Waals surface area contributed by atoms with Crippen LogP contribution in [0.5, 0.6) is 0 Å². The lowest BCUT2D eigenvalue weighted by molar-refractivity contribution is 0.0411. The first-order chi connectivity index (χ1) is 8.20. The molecule has 3 atom stereocenters. The molecule has 0 bridgehead atoms. The van der Waals surface area contributed by atoms with E-state index in [4.69, 9.17) is 0 Å². The molecule has 2 nitrogen and oxygen atoms in total. The molecule has 1 aliphatic rings. The Balaban J connectivity index is 2.01. The average Bonchev–Trinajstić information content (AvgIpc) is 2.35. The molecule has 1 heterocycles. The minimum atomic E-state index is 0.341. The summed E-state index contributed by atoms with van der Waals surface area (Å²) in [5.41, 5.74) is 1.38. The first kappa shape index (κ1) is 12.6. The summed E-state index contributed by atoms with van der Waals surface area (Å²) >= 11 is 0. The number of benzene rings is 1. The van der Waals surface area contributed by atoms with E-state index < -0.39 is 0 Å². The first-order valence-corrected chi connectivity index (χ1v) is 6.61. The molecule has 0 saturated carbocycles. The Kier molecular flexibility index (Phi) is 4.19. The third kappa shape index (κ3) is 3.08. The maximum atomic E-state index is 9.28. The normalized spacial score (nSPS) is 30.4. The molecule has 0 radical (unpaired) electrons. The van der Waals surface area contributed by atoms with Crippen molar-refractivity contribution in [3.05, 3.63) is 35.9 Å². The lowest BCUT2D eigenvalue weighted by Crippen LogP contribution is -2.46. The van der Waals surface area contributed by atoms with E-state index in [-0.39, 0.29) is 0 Å². The van der Waals surface area contributed by atoms with Crippen molar-refractivity contribution in [1.29, 1.82) is 0 Å². The fourth-order valence-electron chi connectivity index (χ4n) is 3.02. The van der Waals surface area contributed by atoms with Crippen LogP contribution in [0.4, 0.5) is 0 Å². The second-order valence-electron chi connectivity index (χ2n) is 5.38. The maximum Gasteiger partial charge on any atom is 0.0460 e. The third-order valence-corrected chi connectivity index (χ3v) is 3.95. The predicted octanol–water partition coefficient (Wildman–Crippen LogP) is 2.67. The van der Waals surface area contributed by atoms with Crippen molar-refractivity contribution < 1.29 is 5.11 Å². The molecule has 1 N–H and O–H groups in total. The van der Waals surface area contributed by atoms with Gasteiger partial charge in [-0.1, -0.05) is 30.3 Å². The first-order valence-electron chi connectivity index (χ1n) is 6.61. The summed E-state index contributed by atoms with van der Waals surface area (Å²) in [5, 5.41) is 9.28. The van der Waals surface area contributed by atoms with E-state index in [1.807, 2.05) is 0 Å². The van der Waals surface area contributed by atoms with Crippen LogP contribution in [0, 0.1) is 5.92 Å². The van der Waals surface area contributed by atoms with Gasteiger partial charge in [0.2, 0.25) is 0 Å². The highest BCUT2D eigenvalue weighted by Gasteiger charge is 2.30. The Morgan fingerprint density at radius 1 is 1.12 bits per heavy atom. The number of hydrogen-bond acceptors (Lipinski definition) is 2. The highest BCUT2D eigenvalue weighted by Crippen LogP contribution is 2.28. The van der Waals surface area contributed by atoms with Gasteiger partial charge in [0.1, 0.15) is 0 Å². The highest BCUT2D eigenvalue weighted by molar-refractivity contribution is 5.14. The summed E-state index contributed by atoms with van der Waals surface area (Å²) < 4.78 is 0. The van der Waals surface area contributed by atoms with Gasteiger partial charge < -0.3 is 5.11 Å². The largest absolute Gasteiger partial charge is 0.396 e. The smallest absolute Gasteiger partial charge is 0.0460 e. The molecule has 0 spiro atoms. The van der Waals surface area contributed by atoms with E-state index in [2.05, 4.69) is 49.1 Å². The van der Waals surface area contributed by atoms with E-state index in [0.29, 0.717) is 24.6 Å². The molecule has 2 rings (SSSR count). The molecule has 17 heavy (non-hydrogen) atoms. The molecule has 1 fully saturated rings. The molecule has 2 heteroatoms. The van der Waals surface area contributed by atoms with Crippen molar-refractivity contribution in [3.8, 4) is 0 Å². The molecule has 1 saturated heterocycles. The van der Waals surface area contributed by atoms with Crippen molar-refractivity contribution in [2.45, 2.75) is 45.3 Å². The van der Waals surface area contributed by atoms with Crippen molar-refractivity contribution >= 4 is 0 Å². The fourth-order valence-corrected chi connectivity index (χ4v) is 3.02. The lowest BCUT2D eigenvalue weighted by Gasteiger charge is -2.42. The highest BCUT2D eigenvalue weighted by atomic mass is 16.3. The van der Waals surface area contributed by atoms with Gasteiger partial charge in [-0.25, -0.2) is 0 Å². The molecule has 94 valence electrons. The molecular weight excluding hydrogens is 210 g/mol. The zero-order chi connectivity index (χ0) is 12.3. The summed E-state index contributed by atoms with van der Waals surface area (Å²) in [6, 6.07) is 11.8. The number of aliphatic hydroxyl groups excluding tert-OH is 1. The van der Waals surface area contributed by atoms with Crippen LogP contribution in [0.3, 0.4) is 0 Å². The lowest BCUT2D eigenvalue weighted by atomic mass is 9.87. The third-order valence-electron chi connectivity index (χ3n) is 3.95. The summed E-state index contributed by atoms with van der Waals surface area (Å²) in [7, 11) is 0. The van der Waals surface area contributed by atoms with Gasteiger partial charge in [-0.2, -0.15) is 0 Å². The van der Waals surface area contributed by atoms with Gasteiger partial charge in [0.05, 0.1) is 0 Å². The van der Waals surface area contributed by atoms with Crippen LogP contribution in [0.25, 0.3) is 0 Å².